The topological polar surface area (TPSA) is 88.8 Å². The largest absolute Gasteiger partial charge is 0.481 e. The Balaban J connectivity index is 0.00000198. The van der Waals surface area contributed by atoms with Crippen LogP contribution in [0.25, 0.3) is 10.9 Å². The fraction of sp³-hybridized carbons (Fsp3) is 0.333. The summed E-state index contributed by atoms with van der Waals surface area (Å²) in [6, 6.07) is 5.03. The summed E-state index contributed by atoms with van der Waals surface area (Å²) in [6.07, 6.45) is 3.45. The number of nitrogens with zero attached hydrogens (tertiary/aromatic N) is 1. The minimum absolute atomic E-state index is 0.0890. The minimum atomic E-state index is -1.13. The van der Waals surface area contributed by atoms with E-state index in [1.807, 2.05) is 32.3 Å². The van der Waals surface area contributed by atoms with Crippen LogP contribution in [0.1, 0.15) is 50.7 Å². The molecule has 30 heavy (non-hydrogen) atoms. The van der Waals surface area contributed by atoms with Gasteiger partial charge in [0, 0.05) is 12.2 Å². The fourth-order valence-corrected chi connectivity index (χ4v) is 2.72. The highest BCUT2D eigenvalue weighted by Gasteiger charge is 2.23. The maximum Gasteiger partial charge on any atom is 0.341 e. The van der Waals surface area contributed by atoms with Gasteiger partial charge in [-0.05, 0) is 43.7 Å². The third kappa shape index (κ3) is 6.85. The molecule has 0 radical (unpaired) electrons. The van der Waals surface area contributed by atoms with Gasteiger partial charge in [0.25, 0.3) is 0 Å². The normalized spacial score (nSPS) is 9.53. The van der Waals surface area contributed by atoms with Gasteiger partial charge in [0.15, 0.2) is 6.61 Å². The number of benzene rings is 1. The van der Waals surface area contributed by atoms with Gasteiger partial charge in [-0.1, -0.05) is 46.3 Å². The van der Waals surface area contributed by atoms with Gasteiger partial charge in [-0.15, -0.1) is 5.92 Å². The van der Waals surface area contributed by atoms with E-state index in [-0.39, 0.29) is 11.3 Å². The molecule has 0 aliphatic rings. The first-order valence-electron chi connectivity index (χ1n) is 9.83. The molecule has 2 rings (SSSR count). The minimum Gasteiger partial charge on any atom is -0.481 e. The summed E-state index contributed by atoms with van der Waals surface area (Å²) in [4.78, 5) is 22.6. The van der Waals surface area contributed by atoms with Crippen LogP contribution in [0.2, 0.25) is 0 Å². The molecule has 162 valence electrons. The van der Waals surface area contributed by atoms with Gasteiger partial charge in [0.2, 0.25) is 0 Å². The van der Waals surface area contributed by atoms with E-state index in [1.165, 1.54) is 0 Å². The second kappa shape index (κ2) is 13.7. The van der Waals surface area contributed by atoms with E-state index in [2.05, 4.69) is 18.4 Å². The van der Waals surface area contributed by atoms with Crippen molar-refractivity contribution in [2.45, 2.75) is 48.1 Å². The quantitative estimate of drug-likeness (QED) is 0.475. The number of aromatic carboxylic acids is 1. The molecule has 0 fully saturated rings. The van der Waals surface area contributed by atoms with Crippen molar-refractivity contribution in [1.29, 1.82) is 0 Å². The number of aromatic nitrogens is 1. The summed E-state index contributed by atoms with van der Waals surface area (Å²) in [5, 5.41) is 18.9. The van der Waals surface area contributed by atoms with Crippen molar-refractivity contribution in [3.05, 3.63) is 53.8 Å². The molecule has 0 aliphatic heterocycles. The zero-order valence-corrected chi connectivity index (χ0v) is 18.6. The van der Waals surface area contributed by atoms with Crippen molar-refractivity contribution in [2.75, 3.05) is 6.61 Å². The lowest BCUT2D eigenvalue weighted by Crippen LogP contribution is -2.10. The number of hydrogen-bond donors (Lipinski definition) is 2. The van der Waals surface area contributed by atoms with Gasteiger partial charge in [-0.2, -0.15) is 0 Å². The van der Waals surface area contributed by atoms with Crippen molar-refractivity contribution in [3.8, 4) is 17.6 Å². The maximum atomic E-state index is 11.8. The number of carboxylic acids is 2. The lowest BCUT2D eigenvalue weighted by Gasteiger charge is -2.09. The Morgan fingerprint density at radius 3 is 2.37 bits per heavy atom. The molecule has 2 N–H and O–H groups in total. The number of allylic oxidation sites excluding steroid dienone is 3. The summed E-state index contributed by atoms with van der Waals surface area (Å²) in [5.41, 5.74) is 2.02. The van der Waals surface area contributed by atoms with Crippen LogP contribution < -0.4 is 4.74 Å². The van der Waals surface area contributed by atoms with E-state index in [0.29, 0.717) is 23.1 Å². The van der Waals surface area contributed by atoms with E-state index in [9.17, 15) is 14.7 Å². The zero-order chi connectivity index (χ0) is 23.3. The van der Waals surface area contributed by atoms with Gasteiger partial charge in [0.1, 0.15) is 5.75 Å². The zero-order valence-electron chi connectivity index (χ0n) is 18.6. The molecule has 6 nitrogen and oxygen atoms in total. The Kier molecular flexibility index (Phi) is 12.1. The van der Waals surface area contributed by atoms with Gasteiger partial charge in [-0.25, -0.2) is 9.59 Å². The van der Waals surface area contributed by atoms with Crippen molar-refractivity contribution < 1.29 is 24.5 Å². The highest BCUT2D eigenvalue weighted by Crippen LogP contribution is 2.34. The lowest BCUT2D eigenvalue weighted by molar-refractivity contribution is -0.139. The Morgan fingerprint density at radius 2 is 1.83 bits per heavy atom. The predicted molar refractivity (Wildman–Crippen MR) is 121 cm³/mol. The average Bonchev–Trinajstić information content (AvgIpc) is 3.02. The van der Waals surface area contributed by atoms with Crippen LogP contribution in [0.15, 0.2) is 42.5 Å². The predicted octanol–water partition coefficient (Wildman–Crippen LogP) is 5.30. The summed E-state index contributed by atoms with van der Waals surface area (Å²) in [5.74, 6) is 3.55. The standard InChI is InChI=1S/C20H19NO5.2C2H6/c1-4-5-6-8-13(2)11-21-14(3)18(20(24)25)19-15(21)9-7-10-16(19)26-12-17(22)23;2*1-2/h6-10H,2,11-12H2,1,3H3,(H,22,23)(H,24,25);2*1-2H3/b8-6-;;. The molecule has 1 aromatic carbocycles. The molecule has 0 atom stereocenters. The first kappa shape index (κ1) is 26.5. The summed E-state index contributed by atoms with van der Waals surface area (Å²) in [6.45, 7) is 15.2. The van der Waals surface area contributed by atoms with E-state index >= 15 is 0 Å². The van der Waals surface area contributed by atoms with Crippen LogP contribution in [-0.2, 0) is 11.3 Å². The number of ether oxygens (including phenoxy) is 1. The number of rotatable bonds is 7. The van der Waals surface area contributed by atoms with Gasteiger partial charge >= 0.3 is 11.9 Å². The lowest BCUT2D eigenvalue weighted by atomic mass is 10.1. The first-order chi connectivity index (χ1) is 14.4. The van der Waals surface area contributed by atoms with Crippen LogP contribution in [-0.4, -0.2) is 33.3 Å². The van der Waals surface area contributed by atoms with Crippen LogP contribution >= 0.6 is 0 Å². The van der Waals surface area contributed by atoms with E-state index in [1.54, 1.807) is 44.2 Å². The molecule has 1 aromatic heterocycles. The fourth-order valence-electron chi connectivity index (χ4n) is 2.72. The van der Waals surface area contributed by atoms with Crippen LogP contribution in [0.5, 0.6) is 5.75 Å². The number of carbonyl (C=O) groups is 2. The molecule has 0 spiro atoms. The summed E-state index contributed by atoms with van der Waals surface area (Å²) >= 11 is 0. The Bertz CT molecular complexity index is 971. The van der Waals surface area contributed by atoms with Crippen molar-refractivity contribution in [3.63, 3.8) is 0 Å². The second-order valence-electron chi connectivity index (χ2n) is 5.57. The molecule has 1 heterocycles. The number of aliphatic carboxylic acids is 1. The molecule has 6 heteroatoms. The van der Waals surface area contributed by atoms with E-state index < -0.39 is 18.5 Å². The third-order valence-electron chi connectivity index (χ3n) is 3.78. The Labute approximate surface area is 178 Å². The highest BCUT2D eigenvalue weighted by molar-refractivity contribution is 6.07. The van der Waals surface area contributed by atoms with Crippen LogP contribution in [0, 0.1) is 18.8 Å². The SMILES string of the molecule is C=C(/C=C\C#CC)Cn1c(C)c(C(=O)O)c2c(OCC(=O)O)cccc21.CC.CC. The van der Waals surface area contributed by atoms with E-state index in [4.69, 9.17) is 9.84 Å². The highest BCUT2D eigenvalue weighted by atomic mass is 16.5. The molecule has 0 unspecified atom stereocenters. The maximum absolute atomic E-state index is 11.8. The van der Waals surface area contributed by atoms with Gasteiger partial charge < -0.3 is 19.5 Å². The Morgan fingerprint density at radius 1 is 1.20 bits per heavy atom. The van der Waals surface area contributed by atoms with Crippen molar-refractivity contribution in [2.24, 2.45) is 0 Å². The monoisotopic (exact) mass is 413 g/mol. The van der Waals surface area contributed by atoms with Crippen LogP contribution in [0.4, 0.5) is 0 Å². The molecular formula is C24H31NO5. The van der Waals surface area contributed by atoms with Crippen molar-refractivity contribution >= 4 is 22.8 Å². The number of hydrogen-bond acceptors (Lipinski definition) is 3. The van der Waals surface area contributed by atoms with Crippen molar-refractivity contribution in [1.82, 2.24) is 4.57 Å². The molecule has 0 saturated heterocycles. The molecule has 2 aromatic rings. The van der Waals surface area contributed by atoms with Gasteiger partial charge in [0.05, 0.1) is 16.5 Å². The third-order valence-corrected chi connectivity index (χ3v) is 3.78. The Hall–Kier alpha value is -3.46. The van der Waals surface area contributed by atoms with E-state index in [0.717, 1.165) is 5.57 Å². The van der Waals surface area contributed by atoms with Gasteiger partial charge in [-0.3, -0.25) is 0 Å². The second-order valence-corrected chi connectivity index (χ2v) is 5.57. The number of carboxylic acid groups (broad SMARTS) is 2. The smallest absolute Gasteiger partial charge is 0.341 e. The van der Waals surface area contributed by atoms with Crippen LogP contribution in [0.3, 0.4) is 0 Å². The average molecular weight is 414 g/mol. The summed E-state index contributed by atoms with van der Waals surface area (Å²) in [7, 11) is 0. The molecule has 0 amide bonds. The molecule has 0 saturated carbocycles. The molecular weight excluding hydrogens is 382 g/mol. The molecule has 0 aliphatic carbocycles. The first-order valence-corrected chi connectivity index (χ1v) is 9.83. The molecule has 0 bridgehead atoms. The summed E-state index contributed by atoms with van der Waals surface area (Å²) < 4.78 is 7.11. The number of fused-ring (bicyclic) bond motifs is 1.